The molecule has 0 bridgehead atoms. The van der Waals surface area contributed by atoms with Gasteiger partial charge in [-0.25, -0.2) is 0 Å². The van der Waals surface area contributed by atoms with Gasteiger partial charge in [0.15, 0.2) is 0 Å². The summed E-state index contributed by atoms with van der Waals surface area (Å²) in [5.41, 5.74) is 0. The molecule has 0 aliphatic carbocycles. The monoisotopic (exact) mass is 215 g/mol. The Morgan fingerprint density at radius 3 is 3.00 bits per heavy atom. The van der Waals surface area contributed by atoms with Gasteiger partial charge in [0, 0.05) is 23.7 Å². The molecule has 0 atom stereocenters. The lowest BCUT2D eigenvalue weighted by atomic mass is 10.4. The van der Waals surface area contributed by atoms with Crippen LogP contribution in [0.5, 0.6) is 0 Å². The van der Waals surface area contributed by atoms with E-state index in [1.807, 2.05) is 23.1 Å². The van der Waals surface area contributed by atoms with Crippen molar-refractivity contribution in [3.8, 4) is 0 Å². The molecule has 0 radical (unpaired) electrons. The fraction of sp³-hybridized carbons (Fsp3) is 0.600. The zero-order chi connectivity index (χ0) is 9.52. The summed E-state index contributed by atoms with van der Waals surface area (Å²) in [4.78, 5) is 1.43. The first kappa shape index (κ1) is 11.1. The summed E-state index contributed by atoms with van der Waals surface area (Å²) in [5.74, 6) is 1.21. The van der Waals surface area contributed by atoms with Crippen molar-refractivity contribution in [3.05, 3.63) is 22.4 Å². The van der Waals surface area contributed by atoms with Gasteiger partial charge in [-0.05, 0) is 16.7 Å². The Morgan fingerprint density at radius 1 is 1.54 bits per heavy atom. The van der Waals surface area contributed by atoms with Crippen molar-refractivity contribution < 1.29 is 0 Å². The normalized spacial score (nSPS) is 11.0. The zero-order valence-electron chi connectivity index (χ0n) is 8.25. The van der Waals surface area contributed by atoms with Crippen molar-refractivity contribution in [1.82, 2.24) is 5.32 Å². The maximum Gasteiger partial charge on any atom is 0.0300 e. The fourth-order valence-corrected chi connectivity index (χ4v) is 2.40. The number of rotatable bonds is 6. The second kappa shape index (κ2) is 6.46. The molecule has 1 rings (SSSR count). The molecular weight excluding hydrogens is 198 g/mol. The van der Waals surface area contributed by atoms with Crippen molar-refractivity contribution in [2.45, 2.75) is 25.6 Å². The first-order valence-corrected chi connectivity index (χ1v) is 6.56. The van der Waals surface area contributed by atoms with E-state index in [2.05, 4.69) is 36.7 Å². The third-order valence-corrected chi connectivity index (χ3v) is 3.59. The molecule has 0 unspecified atom stereocenters. The first-order chi connectivity index (χ1) is 6.29. The van der Waals surface area contributed by atoms with Gasteiger partial charge in [-0.15, -0.1) is 11.3 Å². The molecule has 0 aliphatic rings. The maximum absolute atomic E-state index is 3.43. The lowest BCUT2D eigenvalue weighted by Gasteiger charge is -2.05. The number of hydrogen-bond donors (Lipinski definition) is 1. The molecule has 1 nitrogen and oxygen atoms in total. The van der Waals surface area contributed by atoms with E-state index < -0.39 is 0 Å². The average molecular weight is 215 g/mol. The summed E-state index contributed by atoms with van der Waals surface area (Å²) in [7, 11) is 0. The van der Waals surface area contributed by atoms with Gasteiger partial charge in [0.2, 0.25) is 0 Å². The van der Waals surface area contributed by atoms with E-state index in [1.54, 1.807) is 0 Å². The van der Waals surface area contributed by atoms with Crippen LogP contribution >= 0.6 is 23.1 Å². The second-order valence-corrected chi connectivity index (χ2v) is 5.89. The second-order valence-electron chi connectivity index (χ2n) is 3.18. The standard InChI is InChI=1S/C10H17NS2/c1-9(2)12-7-5-11-8-10-4-3-6-13-10/h3-4,6,9,11H,5,7-8H2,1-2H3. The quantitative estimate of drug-likeness (QED) is 0.732. The first-order valence-electron chi connectivity index (χ1n) is 4.63. The van der Waals surface area contributed by atoms with E-state index >= 15 is 0 Å². The molecule has 0 saturated carbocycles. The molecule has 1 N–H and O–H groups in total. The summed E-state index contributed by atoms with van der Waals surface area (Å²) in [6.45, 7) is 6.62. The summed E-state index contributed by atoms with van der Waals surface area (Å²) in [5, 5.41) is 6.31. The van der Waals surface area contributed by atoms with Gasteiger partial charge in [-0.2, -0.15) is 11.8 Å². The lowest BCUT2D eigenvalue weighted by Crippen LogP contribution is -2.16. The van der Waals surface area contributed by atoms with E-state index in [4.69, 9.17) is 0 Å². The molecular formula is C10H17NS2. The maximum atomic E-state index is 3.43. The Labute approximate surface area is 88.9 Å². The Hall–Kier alpha value is 0.01000. The molecule has 0 saturated heterocycles. The average Bonchev–Trinajstić information content (AvgIpc) is 2.55. The van der Waals surface area contributed by atoms with Gasteiger partial charge in [-0.1, -0.05) is 19.9 Å². The number of thiophene rings is 1. The number of hydrogen-bond acceptors (Lipinski definition) is 3. The van der Waals surface area contributed by atoms with Crippen LogP contribution in [0.2, 0.25) is 0 Å². The van der Waals surface area contributed by atoms with Crippen molar-refractivity contribution in [1.29, 1.82) is 0 Å². The van der Waals surface area contributed by atoms with Crippen LogP contribution in [0.25, 0.3) is 0 Å². The molecule has 0 fully saturated rings. The Kier molecular flexibility index (Phi) is 5.51. The summed E-state index contributed by atoms with van der Waals surface area (Å²) in [6.07, 6.45) is 0. The van der Waals surface area contributed by atoms with E-state index in [-0.39, 0.29) is 0 Å². The highest BCUT2D eigenvalue weighted by atomic mass is 32.2. The molecule has 1 aromatic rings. The molecule has 1 aromatic heterocycles. The minimum atomic E-state index is 0.753. The molecule has 0 aliphatic heterocycles. The zero-order valence-corrected chi connectivity index (χ0v) is 9.88. The third-order valence-electron chi connectivity index (χ3n) is 1.61. The van der Waals surface area contributed by atoms with Crippen LogP contribution in [0.4, 0.5) is 0 Å². The highest BCUT2D eigenvalue weighted by Gasteiger charge is 1.94. The van der Waals surface area contributed by atoms with Crippen molar-refractivity contribution in [3.63, 3.8) is 0 Å². The Morgan fingerprint density at radius 2 is 2.38 bits per heavy atom. The van der Waals surface area contributed by atoms with Gasteiger partial charge < -0.3 is 5.32 Å². The van der Waals surface area contributed by atoms with Crippen LogP contribution in [0.3, 0.4) is 0 Å². The van der Waals surface area contributed by atoms with E-state index in [0.29, 0.717) is 0 Å². The SMILES string of the molecule is CC(C)SCCNCc1cccs1. The van der Waals surface area contributed by atoms with Gasteiger partial charge in [0.05, 0.1) is 0 Å². The van der Waals surface area contributed by atoms with E-state index in [9.17, 15) is 0 Å². The fourth-order valence-electron chi connectivity index (χ4n) is 0.992. The minimum Gasteiger partial charge on any atom is -0.311 e. The van der Waals surface area contributed by atoms with Gasteiger partial charge in [0.1, 0.15) is 0 Å². The molecule has 74 valence electrons. The Bertz CT molecular complexity index is 207. The van der Waals surface area contributed by atoms with E-state index in [0.717, 1.165) is 18.3 Å². The predicted octanol–water partition coefficient (Wildman–Crippen LogP) is 2.98. The van der Waals surface area contributed by atoms with Crippen LogP contribution in [-0.4, -0.2) is 17.5 Å². The predicted molar refractivity (Wildman–Crippen MR) is 63.6 cm³/mol. The lowest BCUT2D eigenvalue weighted by molar-refractivity contribution is 0.740. The summed E-state index contributed by atoms with van der Waals surface area (Å²) >= 11 is 3.83. The van der Waals surface area contributed by atoms with Crippen LogP contribution in [0.15, 0.2) is 17.5 Å². The van der Waals surface area contributed by atoms with Crippen molar-refractivity contribution in [2.75, 3.05) is 12.3 Å². The van der Waals surface area contributed by atoms with Gasteiger partial charge in [0.25, 0.3) is 0 Å². The topological polar surface area (TPSA) is 12.0 Å². The highest BCUT2D eigenvalue weighted by Crippen LogP contribution is 2.09. The van der Waals surface area contributed by atoms with Crippen molar-refractivity contribution >= 4 is 23.1 Å². The molecule has 0 spiro atoms. The van der Waals surface area contributed by atoms with E-state index in [1.165, 1.54) is 10.6 Å². The molecule has 1 heterocycles. The van der Waals surface area contributed by atoms with Crippen molar-refractivity contribution in [2.24, 2.45) is 0 Å². The smallest absolute Gasteiger partial charge is 0.0300 e. The summed E-state index contributed by atoms with van der Waals surface area (Å²) < 4.78 is 0. The van der Waals surface area contributed by atoms with Gasteiger partial charge >= 0.3 is 0 Å². The molecule has 0 amide bonds. The highest BCUT2D eigenvalue weighted by molar-refractivity contribution is 7.99. The molecule has 13 heavy (non-hydrogen) atoms. The van der Waals surface area contributed by atoms with Crippen LogP contribution in [0.1, 0.15) is 18.7 Å². The Balaban J connectivity index is 1.96. The minimum absolute atomic E-state index is 0.753. The molecule has 3 heteroatoms. The third kappa shape index (κ3) is 5.34. The van der Waals surface area contributed by atoms with Gasteiger partial charge in [-0.3, -0.25) is 0 Å². The van der Waals surface area contributed by atoms with Crippen LogP contribution in [0, 0.1) is 0 Å². The molecule has 0 aromatic carbocycles. The van der Waals surface area contributed by atoms with Crippen LogP contribution < -0.4 is 5.32 Å². The number of thioether (sulfide) groups is 1. The van der Waals surface area contributed by atoms with Crippen LogP contribution in [-0.2, 0) is 6.54 Å². The number of nitrogens with one attached hydrogen (secondary N) is 1. The summed E-state index contributed by atoms with van der Waals surface area (Å²) in [6, 6.07) is 4.28. The largest absolute Gasteiger partial charge is 0.311 e.